The first-order chi connectivity index (χ1) is 11.9. The van der Waals surface area contributed by atoms with E-state index in [9.17, 15) is 13.6 Å². The molecule has 0 saturated heterocycles. The highest BCUT2D eigenvalue weighted by atomic mass is 19.3. The van der Waals surface area contributed by atoms with E-state index in [4.69, 9.17) is 0 Å². The van der Waals surface area contributed by atoms with Gasteiger partial charge in [0, 0.05) is 19.2 Å². The Labute approximate surface area is 147 Å². The van der Waals surface area contributed by atoms with E-state index >= 15 is 0 Å². The van der Waals surface area contributed by atoms with E-state index in [0.717, 1.165) is 24.3 Å². The first-order valence-electron chi connectivity index (χ1n) is 9.23. The van der Waals surface area contributed by atoms with Crippen molar-refractivity contribution in [3.05, 3.63) is 29.8 Å². The second-order valence-corrected chi connectivity index (χ2v) is 8.48. The average Bonchev–Trinajstić information content (AvgIpc) is 2.52. The Balaban J connectivity index is 1.42. The van der Waals surface area contributed by atoms with Crippen LogP contribution in [0.5, 0.6) is 5.75 Å². The maximum Gasteiger partial charge on any atom is 0.387 e. The normalized spacial score (nSPS) is 32.9. The minimum atomic E-state index is -2.85. The molecule has 5 rings (SSSR count). The summed E-state index contributed by atoms with van der Waals surface area (Å²) in [5.41, 5.74) is 0.826. The summed E-state index contributed by atoms with van der Waals surface area (Å²) < 4.78 is 28.8. The topological polar surface area (TPSA) is 29.5 Å². The van der Waals surface area contributed by atoms with E-state index < -0.39 is 6.61 Å². The fraction of sp³-hybridized carbons (Fsp3) is 0.650. The van der Waals surface area contributed by atoms with Crippen molar-refractivity contribution in [3.8, 4) is 5.75 Å². The fourth-order valence-corrected chi connectivity index (χ4v) is 6.06. The van der Waals surface area contributed by atoms with Crippen molar-refractivity contribution in [2.75, 3.05) is 13.6 Å². The summed E-state index contributed by atoms with van der Waals surface area (Å²) in [4.78, 5) is 14.6. The van der Waals surface area contributed by atoms with Crippen LogP contribution in [0.4, 0.5) is 8.78 Å². The molecule has 4 saturated carbocycles. The van der Waals surface area contributed by atoms with E-state index in [2.05, 4.69) is 4.74 Å². The summed E-state index contributed by atoms with van der Waals surface area (Å²) in [6.07, 6.45) is 7.96. The van der Waals surface area contributed by atoms with Gasteiger partial charge in [-0.15, -0.1) is 0 Å². The summed E-state index contributed by atoms with van der Waals surface area (Å²) in [5.74, 6) is 2.62. The molecule has 0 atom stereocenters. The third-order valence-corrected chi connectivity index (χ3v) is 6.41. The van der Waals surface area contributed by atoms with E-state index in [-0.39, 0.29) is 11.7 Å². The van der Waals surface area contributed by atoms with Crippen molar-refractivity contribution < 1.29 is 18.3 Å². The monoisotopic (exact) mass is 349 g/mol. The van der Waals surface area contributed by atoms with E-state index in [1.807, 2.05) is 11.9 Å². The molecule has 4 aliphatic rings. The lowest BCUT2D eigenvalue weighted by Gasteiger charge is -2.57. The van der Waals surface area contributed by atoms with Gasteiger partial charge in [0.05, 0.1) is 0 Å². The van der Waals surface area contributed by atoms with E-state index in [1.54, 1.807) is 12.1 Å². The minimum absolute atomic E-state index is 0.0423. The third kappa shape index (κ3) is 3.38. The molecule has 1 amide bonds. The molecule has 0 aliphatic heterocycles. The first-order valence-corrected chi connectivity index (χ1v) is 9.23. The molecule has 5 heteroatoms. The number of alkyl halides is 2. The van der Waals surface area contributed by atoms with Crippen LogP contribution in [0.25, 0.3) is 0 Å². The van der Waals surface area contributed by atoms with Crippen molar-refractivity contribution >= 4 is 5.91 Å². The van der Waals surface area contributed by atoms with Crippen LogP contribution < -0.4 is 4.74 Å². The highest BCUT2D eigenvalue weighted by molar-refractivity contribution is 5.94. The molecular weight excluding hydrogens is 324 g/mol. The number of ether oxygens (including phenoxy) is 1. The number of carbonyl (C=O) groups is 1. The van der Waals surface area contributed by atoms with Gasteiger partial charge in [0.1, 0.15) is 5.75 Å². The number of hydrogen-bond acceptors (Lipinski definition) is 2. The highest BCUT2D eigenvalue weighted by Crippen LogP contribution is 2.60. The fourth-order valence-electron chi connectivity index (χ4n) is 6.06. The Hall–Kier alpha value is -1.65. The van der Waals surface area contributed by atoms with Gasteiger partial charge in [0.25, 0.3) is 5.91 Å². The van der Waals surface area contributed by atoms with Crippen LogP contribution in [0.2, 0.25) is 0 Å². The van der Waals surface area contributed by atoms with Crippen molar-refractivity contribution in [1.29, 1.82) is 0 Å². The van der Waals surface area contributed by atoms with Crippen LogP contribution in [0.1, 0.15) is 48.9 Å². The molecule has 25 heavy (non-hydrogen) atoms. The highest BCUT2D eigenvalue weighted by Gasteiger charge is 2.51. The molecule has 4 fully saturated rings. The summed E-state index contributed by atoms with van der Waals surface area (Å²) in [6.45, 7) is -2.04. The predicted octanol–water partition coefficient (Wildman–Crippen LogP) is 4.58. The summed E-state index contributed by atoms with van der Waals surface area (Å²) >= 11 is 0. The van der Waals surface area contributed by atoms with Crippen LogP contribution in [-0.2, 0) is 0 Å². The molecular formula is C20H25F2NO2. The Morgan fingerprint density at radius 3 is 2.12 bits per heavy atom. The molecule has 1 aromatic rings. The van der Waals surface area contributed by atoms with Crippen LogP contribution in [0, 0.1) is 23.2 Å². The number of nitrogens with zero attached hydrogens (tertiary/aromatic N) is 1. The molecule has 0 spiro atoms. The maximum absolute atomic E-state index is 12.7. The zero-order chi connectivity index (χ0) is 17.6. The van der Waals surface area contributed by atoms with Gasteiger partial charge in [0.2, 0.25) is 0 Å². The SMILES string of the molecule is CN(CC12CC3CC(CC(C3)C1)C2)C(=O)c1ccc(OC(F)F)cc1. The number of rotatable bonds is 5. The molecule has 0 heterocycles. The van der Waals surface area contributed by atoms with Crippen molar-refractivity contribution in [1.82, 2.24) is 4.90 Å². The molecule has 0 N–H and O–H groups in total. The molecule has 3 nitrogen and oxygen atoms in total. The summed E-state index contributed by atoms with van der Waals surface area (Å²) in [6, 6.07) is 5.99. The Kier molecular flexibility index (Phi) is 4.20. The lowest BCUT2D eigenvalue weighted by atomic mass is 9.49. The maximum atomic E-state index is 12.7. The zero-order valence-corrected chi connectivity index (χ0v) is 14.6. The predicted molar refractivity (Wildman–Crippen MR) is 90.6 cm³/mol. The van der Waals surface area contributed by atoms with Gasteiger partial charge in [-0.25, -0.2) is 0 Å². The second kappa shape index (κ2) is 6.26. The van der Waals surface area contributed by atoms with Crippen LogP contribution in [0.15, 0.2) is 24.3 Å². The molecule has 4 aliphatic carbocycles. The number of hydrogen-bond donors (Lipinski definition) is 0. The van der Waals surface area contributed by atoms with Gasteiger partial charge in [-0.2, -0.15) is 8.78 Å². The lowest BCUT2D eigenvalue weighted by Crippen LogP contribution is -2.51. The van der Waals surface area contributed by atoms with E-state index in [0.29, 0.717) is 11.0 Å². The summed E-state index contributed by atoms with van der Waals surface area (Å²) in [5, 5.41) is 0. The summed E-state index contributed by atoms with van der Waals surface area (Å²) in [7, 11) is 1.87. The average molecular weight is 349 g/mol. The third-order valence-electron chi connectivity index (χ3n) is 6.41. The van der Waals surface area contributed by atoms with Gasteiger partial charge in [0.15, 0.2) is 0 Å². The largest absolute Gasteiger partial charge is 0.435 e. The van der Waals surface area contributed by atoms with Crippen LogP contribution >= 0.6 is 0 Å². The quantitative estimate of drug-likeness (QED) is 0.779. The van der Waals surface area contributed by atoms with Crippen LogP contribution in [-0.4, -0.2) is 31.0 Å². The van der Waals surface area contributed by atoms with Crippen molar-refractivity contribution in [3.63, 3.8) is 0 Å². The number of halogens is 2. The minimum Gasteiger partial charge on any atom is -0.435 e. The molecule has 1 aromatic carbocycles. The molecule has 0 aromatic heterocycles. The van der Waals surface area contributed by atoms with E-state index in [1.165, 1.54) is 50.7 Å². The number of carbonyl (C=O) groups excluding carboxylic acids is 1. The van der Waals surface area contributed by atoms with Crippen LogP contribution in [0.3, 0.4) is 0 Å². The first kappa shape index (κ1) is 16.8. The smallest absolute Gasteiger partial charge is 0.387 e. The Bertz CT molecular complexity index is 608. The van der Waals surface area contributed by atoms with Gasteiger partial charge in [-0.05, 0) is 86.0 Å². The Morgan fingerprint density at radius 1 is 1.12 bits per heavy atom. The standard InChI is InChI=1S/C20H25F2NO2/c1-23(18(24)16-2-4-17(5-3-16)25-19(21)22)12-20-9-13-6-14(10-20)8-15(7-13)11-20/h2-5,13-15,19H,6-12H2,1H3. The Morgan fingerprint density at radius 2 is 1.64 bits per heavy atom. The lowest BCUT2D eigenvalue weighted by molar-refractivity contribution is -0.0629. The number of benzene rings is 1. The molecule has 136 valence electrons. The zero-order valence-electron chi connectivity index (χ0n) is 14.6. The van der Waals surface area contributed by atoms with Crippen molar-refractivity contribution in [2.24, 2.45) is 23.2 Å². The van der Waals surface area contributed by atoms with Gasteiger partial charge >= 0.3 is 6.61 Å². The second-order valence-electron chi connectivity index (χ2n) is 8.48. The van der Waals surface area contributed by atoms with Gasteiger partial charge < -0.3 is 9.64 Å². The molecule has 0 radical (unpaired) electrons. The van der Waals surface area contributed by atoms with Gasteiger partial charge in [-0.3, -0.25) is 4.79 Å². The number of amides is 1. The molecule has 4 bridgehead atoms. The molecule has 0 unspecified atom stereocenters. The van der Waals surface area contributed by atoms with Gasteiger partial charge in [-0.1, -0.05) is 0 Å². The van der Waals surface area contributed by atoms with Crippen molar-refractivity contribution in [2.45, 2.75) is 45.1 Å².